The number of benzene rings is 2. The molecule has 0 saturated carbocycles. The summed E-state index contributed by atoms with van der Waals surface area (Å²) < 4.78 is 11.9. The van der Waals surface area contributed by atoms with E-state index in [1.54, 1.807) is 21.9 Å². The van der Waals surface area contributed by atoms with E-state index in [9.17, 15) is 14.4 Å². The second-order valence-corrected chi connectivity index (χ2v) is 9.37. The van der Waals surface area contributed by atoms with Gasteiger partial charge in [-0.2, -0.15) is 0 Å². The normalized spacial score (nSPS) is 23.4. The molecule has 6 rings (SSSR count). The molecule has 0 radical (unpaired) electrons. The molecule has 1 saturated heterocycles. The Morgan fingerprint density at radius 1 is 1.12 bits per heavy atom. The van der Waals surface area contributed by atoms with E-state index in [0.717, 1.165) is 30.5 Å². The summed E-state index contributed by atoms with van der Waals surface area (Å²) in [7, 11) is 0. The van der Waals surface area contributed by atoms with E-state index in [4.69, 9.17) is 9.15 Å². The number of hydrogen-bond donors (Lipinski definition) is 0. The zero-order valence-electron chi connectivity index (χ0n) is 19.3. The van der Waals surface area contributed by atoms with Gasteiger partial charge >= 0.3 is 0 Å². The van der Waals surface area contributed by atoms with E-state index in [-0.39, 0.29) is 35.3 Å². The van der Waals surface area contributed by atoms with Crippen LogP contribution in [0.4, 0.5) is 5.69 Å². The molecule has 2 amide bonds. The number of carbonyl (C=O) groups excluding carboxylic acids is 2. The fourth-order valence-electron chi connectivity index (χ4n) is 5.79. The number of para-hydroxylation sites is 1. The lowest BCUT2D eigenvalue weighted by Gasteiger charge is -2.35. The summed E-state index contributed by atoms with van der Waals surface area (Å²) in [6.07, 6.45) is 2.25. The van der Waals surface area contributed by atoms with Crippen molar-refractivity contribution in [3.8, 4) is 0 Å². The average molecular weight is 459 g/mol. The molecule has 34 heavy (non-hydrogen) atoms. The first-order valence-corrected chi connectivity index (χ1v) is 11.9. The highest BCUT2D eigenvalue weighted by atomic mass is 16.5. The van der Waals surface area contributed by atoms with Gasteiger partial charge in [-0.15, -0.1) is 0 Å². The van der Waals surface area contributed by atoms with Crippen molar-refractivity contribution in [3.05, 3.63) is 75.1 Å². The molecule has 7 heteroatoms. The maximum atomic E-state index is 14.3. The first-order valence-electron chi connectivity index (χ1n) is 11.9. The van der Waals surface area contributed by atoms with Crippen LogP contribution < -0.4 is 10.3 Å². The third-order valence-corrected chi connectivity index (χ3v) is 7.25. The molecule has 3 aliphatic rings. The Labute approximate surface area is 196 Å². The minimum absolute atomic E-state index is 0.0409. The van der Waals surface area contributed by atoms with Crippen molar-refractivity contribution < 1.29 is 18.7 Å². The highest BCUT2D eigenvalue weighted by Gasteiger charge is 2.65. The third-order valence-electron chi connectivity index (χ3n) is 7.25. The summed E-state index contributed by atoms with van der Waals surface area (Å²) in [6.45, 7) is 5.24. The van der Waals surface area contributed by atoms with E-state index < -0.39 is 11.4 Å². The Bertz CT molecular complexity index is 1400. The lowest BCUT2D eigenvalue weighted by atomic mass is 9.83. The zero-order chi connectivity index (χ0) is 23.6. The highest BCUT2D eigenvalue weighted by molar-refractivity contribution is 6.17. The number of nitrogens with zero attached hydrogens (tertiary/aromatic N) is 2. The van der Waals surface area contributed by atoms with Gasteiger partial charge in [0.1, 0.15) is 5.58 Å². The Balaban J connectivity index is 1.69. The van der Waals surface area contributed by atoms with Crippen LogP contribution >= 0.6 is 0 Å². The van der Waals surface area contributed by atoms with Crippen LogP contribution in [0.5, 0.6) is 0 Å². The van der Waals surface area contributed by atoms with Gasteiger partial charge in [-0.1, -0.05) is 36.8 Å². The predicted molar refractivity (Wildman–Crippen MR) is 127 cm³/mol. The van der Waals surface area contributed by atoms with E-state index >= 15 is 0 Å². The van der Waals surface area contributed by atoms with Gasteiger partial charge in [-0.25, -0.2) is 0 Å². The first-order chi connectivity index (χ1) is 16.5. The maximum absolute atomic E-state index is 14.3. The SMILES string of the molecule is CCCN1C(=O)[C@]2(c3ccccc31)c1c(oc3ccc(C)cc3c1=O)C(=O)N2C[C@H]1CCCO1. The Hall–Kier alpha value is -3.45. The molecular formula is C27H26N2O5. The van der Waals surface area contributed by atoms with Crippen molar-refractivity contribution in [2.75, 3.05) is 24.6 Å². The summed E-state index contributed by atoms with van der Waals surface area (Å²) in [5.41, 5.74) is 0.882. The summed E-state index contributed by atoms with van der Waals surface area (Å²) >= 11 is 0. The fourth-order valence-corrected chi connectivity index (χ4v) is 5.79. The molecule has 7 nitrogen and oxygen atoms in total. The molecule has 0 unspecified atom stereocenters. The molecule has 3 aromatic rings. The van der Waals surface area contributed by atoms with Crippen LogP contribution in [-0.2, 0) is 15.1 Å². The van der Waals surface area contributed by atoms with Crippen molar-refractivity contribution in [2.45, 2.75) is 44.8 Å². The molecule has 174 valence electrons. The van der Waals surface area contributed by atoms with E-state index in [1.807, 2.05) is 44.2 Å². The number of carbonyl (C=O) groups is 2. The molecule has 0 N–H and O–H groups in total. The third kappa shape index (κ3) is 2.64. The minimum atomic E-state index is -1.55. The van der Waals surface area contributed by atoms with Crippen LogP contribution in [0.1, 0.15) is 53.4 Å². The molecule has 1 aromatic heterocycles. The number of ether oxygens (including phenoxy) is 1. The van der Waals surface area contributed by atoms with Gasteiger partial charge in [-0.3, -0.25) is 14.4 Å². The molecule has 0 aliphatic carbocycles. The standard InChI is InChI=1S/C27H26N2O5/c1-3-12-28-20-9-5-4-8-19(20)27(26(28)32)22-23(30)18-14-16(2)10-11-21(18)34-24(22)25(31)29(27)15-17-7-6-13-33-17/h4-5,8-11,14,17H,3,6-7,12-13,15H2,1-2H3/t17-,27+/m1/s1. The predicted octanol–water partition coefficient (Wildman–Crippen LogP) is 3.74. The van der Waals surface area contributed by atoms with Gasteiger partial charge in [0.15, 0.2) is 11.0 Å². The lowest BCUT2D eigenvalue weighted by molar-refractivity contribution is -0.126. The van der Waals surface area contributed by atoms with E-state index in [1.165, 1.54) is 0 Å². The highest BCUT2D eigenvalue weighted by Crippen LogP contribution is 2.52. The van der Waals surface area contributed by atoms with Gasteiger partial charge in [-0.05, 0) is 44.4 Å². The summed E-state index contributed by atoms with van der Waals surface area (Å²) in [6, 6.07) is 12.8. The van der Waals surface area contributed by atoms with E-state index in [2.05, 4.69) is 0 Å². The Kier molecular flexibility index (Phi) is 4.68. The first kappa shape index (κ1) is 21.1. The van der Waals surface area contributed by atoms with Crippen molar-refractivity contribution in [1.29, 1.82) is 0 Å². The average Bonchev–Trinajstić information content (AvgIpc) is 3.50. The summed E-state index contributed by atoms with van der Waals surface area (Å²) in [5.74, 6) is -0.757. The molecule has 4 heterocycles. The van der Waals surface area contributed by atoms with Gasteiger partial charge < -0.3 is 19.0 Å². The fraction of sp³-hybridized carbons (Fsp3) is 0.370. The largest absolute Gasteiger partial charge is 0.450 e. The van der Waals surface area contributed by atoms with Crippen LogP contribution in [0.3, 0.4) is 0 Å². The number of amides is 2. The quantitative estimate of drug-likeness (QED) is 0.595. The van der Waals surface area contributed by atoms with Crippen LogP contribution in [-0.4, -0.2) is 42.5 Å². The van der Waals surface area contributed by atoms with Crippen LogP contribution in [0, 0.1) is 6.92 Å². The maximum Gasteiger partial charge on any atom is 0.291 e. The number of hydrogen-bond acceptors (Lipinski definition) is 5. The minimum Gasteiger partial charge on any atom is -0.450 e. The smallest absolute Gasteiger partial charge is 0.291 e. The summed E-state index contributed by atoms with van der Waals surface area (Å²) in [4.78, 5) is 45.5. The Morgan fingerprint density at radius 2 is 1.94 bits per heavy atom. The van der Waals surface area contributed by atoms with Crippen LogP contribution in [0.2, 0.25) is 0 Å². The second-order valence-electron chi connectivity index (χ2n) is 9.37. The number of aryl methyl sites for hydroxylation is 1. The van der Waals surface area contributed by atoms with E-state index in [0.29, 0.717) is 29.7 Å². The van der Waals surface area contributed by atoms with Crippen LogP contribution in [0.25, 0.3) is 11.0 Å². The molecule has 0 bridgehead atoms. The summed E-state index contributed by atoms with van der Waals surface area (Å²) in [5, 5.41) is 0.379. The van der Waals surface area contributed by atoms with Gasteiger partial charge in [0.2, 0.25) is 5.76 Å². The number of rotatable bonds is 4. The van der Waals surface area contributed by atoms with Gasteiger partial charge in [0, 0.05) is 25.3 Å². The molecule has 1 spiro atoms. The second kappa shape index (κ2) is 7.53. The lowest BCUT2D eigenvalue weighted by Crippen LogP contribution is -2.55. The Morgan fingerprint density at radius 3 is 2.71 bits per heavy atom. The molecule has 1 fully saturated rings. The molecule has 2 aromatic carbocycles. The zero-order valence-corrected chi connectivity index (χ0v) is 19.3. The molecule has 3 aliphatic heterocycles. The van der Waals surface area contributed by atoms with Crippen molar-refractivity contribution in [1.82, 2.24) is 4.90 Å². The monoisotopic (exact) mass is 458 g/mol. The van der Waals surface area contributed by atoms with Crippen molar-refractivity contribution >= 4 is 28.5 Å². The van der Waals surface area contributed by atoms with Crippen LogP contribution in [0.15, 0.2) is 51.7 Å². The van der Waals surface area contributed by atoms with Gasteiger partial charge in [0.05, 0.1) is 22.7 Å². The van der Waals surface area contributed by atoms with Crippen molar-refractivity contribution in [3.63, 3.8) is 0 Å². The van der Waals surface area contributed by atoms with Crippen molar-refractivity contribution in [2.24, 2.45) is 0 Å². The topological polar surface area (TPSA) is 80.1 Å². The number of anilines is 1. The molecule has 2 atom stereocenters. The number of fused-ring (bicyclic) bond motifs is 5. The van der Waals surface area contributed by atoms with Gasteiger partial charge in [0.25, 0.3) is 11.8 Å². The molecular weight excluding hydrogens is 432 g/mol.